The summed E-state index contributed by atoms with van der Waals surface area (Å²) in [5, 5.41) is 3.02. The molecule has 1 heterocycles. The van der Waals surface area contributed by atoms with E-state index < -0.39 is 6.09 Å². The molecule has 2 N–H and O–H groups in total. The Hall–Kier alpha value is -2.37. The predicted molar refractivity (Wildman–Crippen MR) is 85.1 cm³/mol. The molecule has 5 nitrogen and oxygen atoms in total. The summed E-state index contributed by atoms with van der Waals surface area (Å²) in [6, 6.07) is 9.03. The summed E-state index contributed by atoms with van der Waals surface area (Å²) in [5.74, 6) is 0. The lowest BCUT2D eigenvalue weighted by molar-refractivity contribution is 0.0776. The molecule has 22 heavy (non-hydrogen) atoms. The maximum absolute atomic E-state index is 11.4. The van der Waals surface area contributed by atoms with Gasteiger partial charge in [-0.3, -0.25) is 4.98 Å². The molecule has 0 aliphatic heterocycles. The van der Waals surface area contributed by atoms with Gasteiger partial charge in [-0.2, -0.15) is 0 Å². The third-order valence-electron chi connectivity index (χ3n) is 3.44. The number of hydroxylamine groups is 1. The number of pyridine rings is 1. The zero-order valence-corrected chi connectivity index (χ0v) is 12.6. The fourth-order valence-electron chi connectivity index (χ4n) is 2.39. The molecule has 3 rings (SSSR count). The number of carbonyl (C=O) groups excluding carboxylic acids is 1. The van der Waals surface area contributed by atoms with Crippen molar-refractivity contribution in [2.75, 3.05) is 7.05 Å². The summed E-state index contributed by atoms with van der Waals surface area (Å²) >= 11 is 6.12. The number of benzene rings is 1. The number of halogens is 1. The van der Waals surface area contributed by atoms with E-state index in [1.165, 1.54) is 7.05 Å². The second-order valence-electron chi connectivity index (χ2n) is 4.77. The summed E-state index contributed by atoms with van der Waals surface area (Å²) in [6.07, 6.45) is 5.07. The number of fused-ring (bicyclic) bond motifs is 2. The van der Waals surface area contributed by atoms with Gasteiger partial charge >= 0.3 is 6.09 Å². The van der Waals surface area contributed by atoms with Gasteiger partial charge in [-0.25, -0.2) is 4.79 Å². The normalized spacial score (nSPS) is 15.5. The van der Waals surface area contributed by atoms with Crippen LogP contribution < -0.4 is 10.8 Å². The Morgan fingerprint density at radius 2 is 2.14 bits per heavy atom. The summed E-state index contributed by atoms with van der Waals surface area (Å²) in [6.45, 7) is 0. The molecule has 2 aromatic rings. The first-order valence-corrected chi connectivity index (χ1v) is 7.13. The van der Waals surface area contributed by atoms with Crippen LogP contribution >= 0.6 is 11.6 Å². The van der Waals surface area contributed by atoms with E-state index in [1.54, 1.807) is 6.20 Å². The van der Waals surface area contributed by atoms with Crippen molar-refractivity contribution >= 4 is 29.8 Å². The molecule has 0 saturated heterocycles. The minimum Gasteiger partial charge on any atom is -0.353 e. The van der Waals surface area contributed by atoms with Crippen LogP contribution in [0.2, 0.25) is 5.02 Å². The molecule has 0 spiro atoms. The van der Waals surface area contributed by atoms with Crippen LogP contribution in [0.4, 0.5) is 4.79 Å². The Labute approximate surface area is 132 Å². The number of hydrogen-bond donors (Lipinski definition) is 2. The van der Waals surface area contributed by atoms with Crippen LogP contribution in [0.15, 0.2) is 36.5 Å². The highest BCUT2D eigenvalue weighted by Gasteiger charge is 2.23. The highest BCUT2D eigenvalue weighted by Crippen LogP contribution is 2.33. The molecule has 1 aromatic heterocycles. The lowest BCUT2D eigenvalue weighted by Crippen LogP contribution is -2.31. The lowest BCUT2D eigenvalue weighted by atomic mass is 9.96. The highest BCUT2D eigenvalue weighted by molar-refractivity contribution is 6.30. The first-order valence-electron chi connectivity index (χ1n) is 6.75. The Morgan fingerprint density at radius 3 is 2.95 bits per heavy atom. The predicted octanol–water partition coefficient (Wildman–Crippen LogP) is 3.17. The van der Waals surface area contributed by atoms with Crippen LogP contribution in [0.1, 0.15) is 28.4 Å². The maximum atomic E-state index is 11.4. The van der Waals surface area contributed by atoms with Crippen LogP contribution in [-0.4, -0.2) is 18.1 Å². The fraction of sp³-hybridized carbons (Fsp3) is 0.125. The topological polar surface area (TPSA) is 63.2 Å². The standard InChI is InChI=1S/C16H14ClN3O2/c1-18-16(21)22-20-15-12-3-2-8-19-14(12)7-5-10-4-6-11(17)9-13(10)15/h2-9,15,20H,1H3,(H,18,21). The Morgan fingerprint density at radius 1 is 1.27 bits per heavy atom. The van der Waals surface area contributed by atoms with Crippen LogP contribution in [-0.2, 0) is 4.84 Å². The van der Waals surface area contributed by atoms with E-state index >= 15 is 0 Å². The quantitative estimate of drug-likeness (QED) is 0.836. The molecule has 1 amide bonds. The average Bonchev–Trinajstić information content (AvgIpc) is 2.69. The monoisotopic (exact) mass is 315 g/mol. The molecule has 112 valence electrons. The third kappa shape index (κ3) is 2.81. The Kier molecular flexibility index (Phi) is 4.09. The first kappa shape index (κ1) is 14.6. The number of nitrogens with zero attached hydrogens (tertiary/aromatic N) is 1. The number of nitrogens with one attached hydrogen (secondary N) is 2. The van der Waals surface area contributed by atoms with E-state index in [2.05, 4.69) is 15.8 Å². The molecule has 1 aliphatic carbocycles. The minimum absolute atomic E-state index is 0.357. The van der Waals surface area contributed by atoms with E-state index in [0.717, 1.165) is 22.4 Å². The fourth-order valence-corrected chi connectivity index (χ4v) is 2.57. The maximum Gasteiger partial charge on any atom is 0.425 e. The Bertz CT molecular complexity index is 746. The van der Waals surface area contributed by atoms with E-state index in [1.807, 2.05) is 42.5 Å². The van der Waals surface area contributed by atoms with Gasteiger partial charge in [0.25, 0.3) is 0 Å². The molecule has 1 aliphatic rings. The number of amides is 1. The van der Waals surface area contributed by atoms with E-state index in [0.29, 0.717) is 5.02 Å². The number of rotatable bonds is 2. The minimum atomic E-state index is -0.564. The van der Waals surface area contributed by atoms with Crippen molar-refractivity contribution in [1.29, 1.82) is 0 Å². The first-order chi connectivity index (χ1) is 10.7. The van der Waals surface area contributed by atoms with Crippen molar-refractivity contribution in [3.63, 3.8) is 0 Å². The SMILES string of the molecule is CNC(=O)ONC1c2cc(Cl)ccc2C=Cc2ncccc21. The van der Waals surface area contributed by atoms with Gasteiger partial charge in [-0.1, -0.05) is 29.8 Å². The Balaban J connectivity index is 2.07. The zero-order valence-electron chi connectivity index (χ0n) is 11.8. The average molecular weight is 316 g/mol. The van der Waals surface area contributed by atoms with E-state index in [-0.39, 0.29) is 6.04 Å². The summed E-state index contributed by atoms with van der Waals surface area (Å²) in [7, 11) is 1.50. The molecule has 1 unspecified atom stereocenters. The number of hydrogen-bond acceptors (Lipinski definition) is 4. The molecule has 1 atom stereocenters. The number of carbonyl (C=O) groups is 1. The van der Waals surface area contributed by atoms with Crippen molar-refractivity contribution in [1.82, 2.24) is 15.8 Å². The van der Waals surface area contributed by atoms with E-state index in [9.17, 15) is 4.79 Å². The van der Waals surface area contributed by atoms with Crippen molar-refractivity contribution in [2.45, 2.75) is 6.04 Å². The van der Waals surface area contributed by atoms with Gasteiger partial charge in [0.1, 0.15) is 0 Å². The zero-order chi connectivity index (χ0) is 15.5. The summed E-state index contributed by atoms with van der Waals surface area (Å²) < 4.78 is 0. The molecule has 6 heteroatoms. The summed E-state index contributed by atoms with van der Waals surface area (Å²) in [4.78, 5) is 20.8. The summed E-state index contributed by atoms with van der Waals surface area (Å²) in [5.41, 5.74) is 6.42. The number of aromatic nitrogens is 1. The smallest absolute Gasteiger partial charge is 0.353 e. The molecule has 1 aromatic carbocycles. The van der Waals surface area contributed by atoms with Crippen molar-refractivity contribution in [3.8, 4) is 0 Å². The van der Waals surface area contributed by atoms with Gasteiger partial charge in [0.2, 0.25) is 0 Å². The second kappa shape index (κ2) is 6.17. The van der Waals surface area contributed by atoms with Crippen LogP contribution in [0, 0.1) is 0 Å². The molecule has 0 fully saturated rings. The van der Waals surface area contributed by atoms with Crippen LogP contribution in [0.3, 0.4) is 0 Å². The third-order valence-corrected chi connectivity index (χ3v) is 3.67. The van der Waals surface area contributed by atoms with Gasteiger partial charge < -0.3 is 10.2 Å². The van der Waals surface area contributed by atoms with Gasteiger partial charge in [-0.15, -0.1) is 5.48 Å². The molecular weight excluding hydrogens is 302 g/mol. The van der Waals surface area contributed by atoms with Crippen molar-refractivity contribution in [3.05, 3.63) is 63.9 Å². The van der Waals surface area contributed by atoms with Crippen molar-refractivity contribution in [2.24, 2.45) is 0 Å². The molecular formula is C16H14ClN3O2. The molecule has 0 saturated carbocycles. The van der Waals surface area contributed by atoms with Gasteiger partial charge in [-0.05, 0) is 35.4 Å². The highest BCUT2D eigenvalue weighted by atomic mass is 35.5. The van der Waals surface area contributed by atoms with E-state index in [4.69, 9.17) is 16.4 Å². The van der Waals surface area contributed by atoms with Gasteiger partial charge in [0.15, 0.2) is 0 Å². The van der Waals surface area contributed by atoms with Crippen LogP contribution in [0.5, 0.6) is 0 Å². The largest absolute Gasteiger partial charge is 0.425 e. The molecule has 0 bridgehead atoms. The van der Waals surface area contributed by atoms with Crippen molar-refractivity contribution < 1.29 is 9.63 Å². The lowest BCUT2D eigenvalue weighted by Gasteiger charge is -2.20. The van der Waals surface area contributed by atoms with Gasteiger partial charge in [0.05, 0.1) is 11.7 Å². The second-order valence-corrected chi connectivity index (χ2v) is 5.21. The van der Waals surface area contributed by atoms with Gasteiger partial charge in [0, 0.05) is 23.8 Å². The molecule has 0 radical (unpaired) electrons. The van der Waals surface area contributed by atoms with Crippen LogP contribution in [0.25, 0.3) is 12.2 Å².